The zero-order valence-electron chi connectivity index (χ0n) is 19.4. The molecule has 1 unspecified atom stereocenters. The lowest BCUT2D eigenvalue weighted by atomic mass is 9.77. The molecule has 4 aromatic rings. The molecule has 1 amide bonds. The third-order valence-electron chi connectivity index (χ3n) is 7.60. The van der Waals surface area contributed by atoms with Crippen LogP contribution in [-0.4, -0.2) is 27.3 Å². The molecular weight excluding hydrogens is 418 g/mol. The maximum Gasteiger partial charge on any atom is 0.255 e. The van der Waals surface area contributed by atoms with Gasteiger partial charge in [0.2, 0.25) is 0 Å². The quantitative estimate of drug-likeness (QED) is 0.355. The van der Waals surface area contributed by atoms with Gasteiger partial charge in [-0.05, 0) is 48.4 Å². The van der Waals surface area contributed by atoms with Gasteiger partial charge in [-0.25, -0.2) is 4.98 Å². The van der Waals surface area contributed by atoms with E-state index in [-0.39, 0.29) is 11.9 Å². The molecule has 0 spiro atoms. The molecule has 2 aliphatic rings. The van der Waals surface area contributed by atoms with Gasteiger partial charge in [-0.15, -0.1) is 0 Å². The first-order valence-corrected chi connectivity index (χ1v) is 12.5. The van der Waals surface area contributed by atoms with Gasteiger partial charge in [0.1, 0.15) is 0 Å². The molecule has 6 rings (SSSR count). The van der Waals surface area contributed by atoms with Gasteiger partial charge in [0, 0.05) is 29.9 Å². The lowest BCUT2D eigenvalue weighted by Gasteiger charge is -2.43. The maximum absolute atomic E-state index is 14.3. The number of hydrogen-bond donors (Lipinski definition) is 0. The summed E-state index contributed by atoms with van der Waals surface area (Å²) in [4.78, 5) is 25.7. The van der Waals surface area contributed by atoms with E-state index in [9.17, 15) is 4.79 Å². The van der Waals surface area contributed by atoms with Crippen molar-refractivity contribution in [2.45, 2.75) is 44.6 Å². The van der Waals surface area contributed by atoms with Crippen molar-refractivity contribution < 1.29 is 4.79 Å². The van der Waals surface area contributed by atoms with E-state index in [2.05, 4.69) is 34.1 Å². The second kappa shape index (κ2) is 9.02. The molecule has 0 saturated heterocycles. The molecule has 170 valence electrons. The molecule has 2 aromatic carbocycles. The molecule has 3 heterocycles. The van der Waals surface area contributed by atoms with Gasteiger partial charge in [0.25, 0.3) is 5.91 Å². The SMILES string of the molecule is O=C(c1cc(-c2ccccc2)nc2ccncc12)N1CCc2ccccc2C1C1CCCCC1. The molecule has 1 saturated carbocycles. The second-order valence-electron chi connectivity index (χ2n) is 9.60. The molecule has 0 radical (unpaired) electrons. The number of hydrogen-bond acceptors (Lipinski definition) is 3. The van der Waals surface area contributed by atoms with Crippen LogP contribution < -0.4 is 0 Å². The number of carbonyl (C=O) groups excluding carboxylic acids is 1. The molecule has 0 N–H and O–H groups in total. The van der Waals surface area contributed by atoms with Gasteiger partial charge in [-0.2, -0.15) is 0 Å². The summed E-state index contributed by atoms with van der Waals surface area (Å²) in [6, 6.07) is 22.9. The van der Waals surface area contributed by atoms with E-state index in [0.717, 1.165) is 35.1 Å². The normalized spacial score (nSPS) is 18.6. The molecule has 1 aliphatic heterocycles. The van der Waals surface area contributed by atoms with Crippen LogP contribution in [0.15, 0.2) is 79.1 Å². The first kappa shape index (κ1) is 21.0. The van der Waals surface area contributed by atoms with Gasteiger partial charge >= 0.3 is 0 Å². The van der Waals surface area contributed by atoms with Gasteiger partial charge in [-0.3, -0.25) is 9.78 Å². The number of fused-ring (bicyclic) bond motifs is 2. The summed E-state index contributed by atoms with van der Waals surface area (Å²) in [6.07, 6.45) is 10.6. The first-order chi connectivity index (χ1) is 16.8. The Morgan fingerprint density at radius 1 is 0.912 bits per heavy atom. The van der Waals surface area contributed by atoms with Crippen molar-refractivity contribution in [3.63, 3.8) is 0 Å². The second-order valence-corrected chi connectivity index (χ2v) is 9.60. The Labute approximate surface area is 200 Å². The summed E-state index contributed by atoms with van der Waals surface area (Å²) in [5.41, 5.74) is 6.10. The van der Waals surface area contributed by atoms with Crippen LogP contribution in [0.1, 0.15) is 59.6 Å². The maximum atomic E-state index is 14.3. The number of rotatable bonds is 3. The number of amides is 1. The summed E-state index contributed by atoms with van der Waals surface area (Å²) < 4.78 is 0. The summed E-state index contributed by atoms with van der Waals surface area (Å²) >= 11 is 0. The Morgan fingerprint density at radius 2 is 1.71 bits per heavy atom. The van der Waals surface area contributed by atoms with Gasteiger partial charge < -0.3 is 4.90 Å². The number of benzene rings is 2. The molecule has 34 heavy (non-hydrogen) atoms. The van der Waals surface area contributed by atoms with Crippen LogP contribution in [0.5, 0.6) is 0 Å². The minimum absolute atomic E-state index is 0.0997. The highest BCUT2D eigenvalue weighted by atomic mass is 16.2. The fraction of sp³-hybridized carbons (Fsp3) is 0.300. The van der Waals surface area contributed by atoms with Crippen LogP contribution in [0.4, 0.5) is 0 Å². The smallest absolute Gasteiger partial charge is 0.255 e. The van der Waals surface area contributed by atoms with Gasteiger partial charge in [-0.1, -0.05) is 73.9 Å². The fourth-order valence-corrected chi connectivity index (χ4v) is 5.94. The van der Waals surface area contributed by atoms with Gasteiger partial charge in [0.05, 0.1) is 22.8 Å². The molecule has 4 nitrogen and oxygen atoms in total. The van der Waals surface area contributed by atoms with Crippen LogP contribution in [0.2, 0.25) is 0 Å². The average Bonchev–Trinajstić information content (AvgIpc) is 2.92. The number of nitrogens with zero attached hydrogens (tertiary/aromatic N) is 3. The van der Waals surface area contributed by atoms with Crippen molar-refractivity contribution in [1.29, 1.82) is 0 Å². The summed E-state index contributed by atoms with van der Waals surface area (Å²) in [5, 5.41) is 0.827. The Balaban J connectivity index is 1.47. The summed E-state index contributed by atoms with van der Waals surface area (Å²) in [7, 11) is 0. The highest BCUT2D eigenvalue weighted by Crippen LogP contribution is 2.43. The predicted octanol–water partition coefficient (Wildman–Crippen LogP) is 6.62. The third kappa shape index (κ3) is 3.77. The predicted molar refractivity (Wildman–Crippen MR) is 135 cm³/mol. The van der Waals surface area contributed by atoms with Crippen LogP contribution in [0.3, 0.4) is 0 Å². The van der Waals surface area contributed by atoms with E-state index in [1.165, 1.54) is 43.2 Å². The highest BCUT2D eigenvalue weighted by molar-refractivity contribution is 6.07. The van der Waals surface area contributed by atoms with E-state index in [0.29, 0.717) is 11.5 Å². The molecule has 1 atom stereocenters. The topological polar surface area (TPSA) is 46.1 Å². The molecule has 1 aliphatic carbocycles. The van der Waals surface area contributed by atoms with Crippen molar-refractivity contribution >= 4 is 16.8 Å². The van der Waals surface area contributed by atoms with Crippen molar-refractivity contribution in [3.05, 3.63) is 95.8 Å². The molecular formula is C30H29N3O. The number of pyridine rings is 2. The van der Waals surface area contributed by atoms with Crippen LogP contribution in [0, 0.1) is 5.92 Å². The molecule has 2 aromatic heterocycles. The Bertz CT molecular complexity index is 1330. The van der Waals surface area contributed by atoms with E-state index in [1.54, 1.807) is 12.4 Å². The zero-order valence-corrected chi connectivity index (χ0v) is 19.4. The van der Waals surface area contributed by atoms with Gasteiger partial charge in [0.15, 0.2) is 0 Å². The standard InChI is InChI=1S/C30H29N3O/c34-30(25-19-28(22-10-3-1-4-11-22)32-27-15-17-31-20-26(25)27)33-18-16-21-9-7-8-14-24(21)29(33)23-12-5-2-6-13-23/h1,3-4,7-11,14-15,17,19-20,23,29H,2,5-6,12-13,16,18H2. The first-order valence-electron chi connectivity index (χ1n) is 12.5. The highest BCUT2D eigenvalue weighted by Gasteiger charge is 2.37. The Kier molecular flexibility index (Phi) is 5.58. The average molecular weight is 448 g/mol. The molecule has 0 bridgehead atoms. The van der Waals surface area contributed by atoms with Crippen molar-refractivity contribution in [2.75, 3.05) is 6.54 Å². The molecule has 4 heteroatoms. The number of aromatic nitrogens is 2. The van der Waals surface area contributed by atoms with Crippen LogP contribution >= 0.6 is 0 Å². The Hall–Kier alpha value is -3.53. The van der Waals surface area contributed by atoms with E-state index in [4.69, 9.17) is 4.98 Å². The summed E-state index contributed by atoms with van der Waals surface area (Å²) in [5.74, 6) is 0.613. The molecule has 1 fully saturated rings. The largest absolute Gasteiger partial charge is 0.331 e. The van der Waals surface area contributed by atoms with Crippen molar-refractivity contribution in [2.24, 2.45) is 5.92 Å². The fourth-order valence-electron chi connectivity index (χ4n) is 5.94. The Morgan fingerprint density at radius 3 is 2.56 bits per heavy atom. The zero-order chi connectivity index (χ0) is 22.9. The number of carbonyl (C=O) groups is 1. The lowest BCUT2D eigenvalue weighted by molar-refractivity contribution is 0.0542. The summed E-state index contributed by atoms with van der Waals surface area (Å²) in [6.45, 7) is 0.752. The third-order valence-corrected chi connectivity index (χ3v) is 7.60. The van der Waals surface area contributed by atoms with Crippen LogP contribution in [0.25, 0.3) is 22.2 Å². The van der Waals surface area contributed by atoms with Crippen LogP contribution in [-0.2, 0) is 6.42 Å². The lowest BCUT2D eigenvalue weighted by Crippen LogP contribution is -2.43. The van der Waals surface area contributed by atoms with E-state index < -0.39 is 0 Å². The monoisotopic (exact) mass is 447 g/mol. The minimum Gasteiger partial charge on any atom is -0.331 e. The van der Waals surface area contributed by atoms with E-state index in [1.807, 2.05) is 42.5 Å². The minimum atomic E-state index is 0.0997. The van der Waals surface area contributed by atoms with Crippen molar-refractivity contribution in [3.8, 4) is 11.3 Å². The van der Waals surface area contributed by atoms with E-state index >= 15 is 0 Å². The van der Waals surface area contributed by atoms with Crippen molar-refractivity contribution in [1.82, 2.24) is 14.9 Å².